The van der Waals surface area contributed by atoms with E-state index in [0.29, 0.717) is 6.42 Å². The van der Waals surface area contributed by atoms with Crippen LogP contribution in [-0.4, -0.2) is 31.3 Å². The van der Waals surface area contributed by atoms with Crippen molar-refractivity contribution in [1.82, 2.24) is 0 Å². The second-order valence-corrected chi connectivity index (χ2v) is 10.5. The van der Waals surface area contributed by atoms with Crippen LogP contribution in [-0.2, 0) is 27.2 Å². The largest absolute Gasteiger partial charge is 0.349 e. The molecule has 0 aromatic heterocycles. The van der Waals surface area contributed by atoms with Gasteiger partial charge in [-0.25, -0.2) is 0 Å². The van der Waals surface area contributed by atoms with Crippen LogP contribution in [0.5, 0.6) is 0 Å². The van der Waals surface area contributed by atoms with E-state index in [9.17, 15) is 9.13 Å². The lowest BCUT2D eigenvalue weighted by molar-refractivity contribution is 0.170. The molecule has 1 aliphatic carbocycles. The van der Waals surface area contributed by atoms with Gasteiger partial charge in [0, 0.05) is 0 Å². The minimum absolute atomic E-state index is 0.0761. The van der Waals surface area contributed by atoms with Gasteiger partial charge in [-0.3, -0.25) is 9.13 Å². The third-order valence-corrected chi connectivity index (χ3v) is 10.4. The normalized spacial score (nSPS) is 21.5. The summed E-state index contributed by atoms with van der Waals surface area (Å²) >= 11 is 0. The molecule has 0 aliphatic heterocycles. The first-order chi connectivity index (χ1) is 10.8. The van der Waals surface area contributed by atoms with E-state index in [-0.39, 0.29) is 38.8 Å². The van der Waals surface area contributed by atoms with Gasteiger partial charge in [0.2, 0.25) is 0 Å². The van der Waals surface area contributed by atoms with Gasteiger partial charge >= 0.3 is 15.2 Å². The number of hydrogen-bond donors (Lipinski definition) is 0. The van der Waals surface area contributed by atoms with Gasteiger partial charge in [-0.05, 0) is 46.5 Å². The van der Waals surface area contributed by atoms with Crippen molar-refractivity contribution in [3.63, 3.8) is 0 Å². The zero-order valence-corrected chi connectivity index (χ0v) is 16.6. The summed E-state index contributed by atoms with van der Waals surface area (Å²) in [4.78, 5) is -1.30. The first kappa shape index (κ1) is 21.1. The summed E-state index contributed by atoms with van der Waals surface area (Å²) in [5.41, 5.74) is 0. The van der Waals surface area contributed by atoms with E-state index in [1.54, 1.807) is 27.7 Å². The van der Waals surface area contributed by atoms with Crippen LogP contribution in [0.3, 0.4) is 0 Å². The van der Waals surface area contributed by atoms with Gasteiger partial charge in [-0.15, -0.1) is 0 Å². The standard InChI is InChI=1S/C15H30O6P2/c1-6-18-22(16,19-7-2)15(12-10-11-14(5)13-15)23(17,20-8-3)21-9-4/h10-11,14H,6-9,12-13H2,1-5H3. The third kappa shape index (κ3) is 4.18. The molecule has 6 nitrogen and oxygen atoms in total. The highest BCUT2D eigenvalue weighted by atomic mass is 31.2. The molecule has 136 valence electrons. The van der Waals surface area contributed by atoms with Crippen molar-refractivity contribution < 1.29 is 27.2 Å². The summed E-state index contributed by atoms with van der Waals surface area (Å²) in [6.07, 6.45) is 4.55. The highest BCUT2D eigenvalue weighted by molar-refractivity contribution is 7.74. The van der Waals surface area contributed by atoms with Crippen molar-refractivity contribution >= 4 is 15.2 Å². The summed E-state index contributed by atoms with van der Waals surface area (Å²) in [7, 11) is -7.42. The lowest BCUT2D eigenvalue weighted by Gasteiger charge is -2.44. The van der Waals surface area contributed by atoms with Crippen LogP contribution in [0.25, 0.3) is 0 Å². The van der Waals surface area contributed by atoms with E-state index in [4.69, 9.17) is 18.1 Å². The number of hydrogen-bond acceptors (Lipinski definition) is 6. The molecule has 1 unspecified atom stereocenters. The van der Waals surface area contributed by atoms with Crippen LogP contribution in [0, 0.1) is 5.92 Å². The molecule has 0 spiro atoms. The third-order valence-electron chi connectivity index (χ3n) is 3.77. The van der Waals surface area contributed by atoms with Crippen LogP contribution in [0.4, 0.5) is 0 Å². The average molecular weight is 368 g/mol. The minimum Gasteiger partial charge on any atom is -0.308 e. The second kappa shape index (κ2) is 8.94. The molecule has 0 aromatic rings. The summed E-state index contributed by atoms with van der Waals surface area (Å²) < 4.78 is 49.5. The molecule has 1 atom stereocenters. The zero-order chi connectivity index (χ0) is 17.6. The Morgan fingerprint density at radius 1 is 0.913 bits per heavy atom. The minimum atomic E-state index is -3.71. The Kier molecular flexibility index (Phi) is 8.19. The number of allylic oxidation sites excluding steroid dienone is 2. The second-order valence-electron chi connectivity index (χ2n) is 5.46. The van der Waals surface area contributed by atoms with Gasteiger partial charge in [0.05, 0.1) is 26.4 Å². The molecule has 0 heterocycles. The Balaban J connectivity index is 3.51. The highest BCUT2D eigenvalue weighted by Crippen LogP contribution is 2.81. The molecule has 8 heteroatoms. The summed E-state index contributed by atoms with van der Waals surface area (Å²) in [5.74, 6) is 0.0761. The van der Waals surface area contributed by atoms with Crippen molar-refractivity contribution in [2.75, 3.05) is 26.4 Å². The van der Waals surface area contributed by atoms with E-state index in [0.717, 1.165) is 0 Å². The van der Waals surface area contributed by atoms with E-state index in [1.165, 1.54) is 0 Å². The molecule has 0 fully saturated rings. The van der Waals surface area contributed by atoms with Crippen molar-refractivity contribution in [2.24, 2.45) is 5.92 Å². The Hall–Kier alpha value is 0.0400. The van der Waals surface area contributed by atoms with Crippen LogP contribution < -0.4 is 0 Å². The van der Waals surface area contributed by atoms with Crippen LogP contribution >= 0.6 is 15.2 Å². The van der Waals surface area contributed by atoms with Gasteiger partial charge in [0.15, 0.2) is 4.90 Å². The highest BCUT2D eigenvalue weighted by Gasteiger charge is 2.65. The fourth-order valence-corrected chi connectivity index (χ4v) is 9.03. The Labute approximate surface area is 140 Å². The molecule has 1 rings (SSSR count). The maximum absolute atomic E-state index is 13.6. The first-order valence-corrected chi connectivity index (χ1v) is 11.4. The molecule has 0 radical (unpaired) electrons. The Morgan fingerprint density at radius 2 is 1.30 bits per heavy atom. The predicted octanol–water partition coefficient (Wildman–Crippen LogP) is 5.20. The predicted molar refractivity (Wildman–Crippen MR) is 92.0 cm³/mol. The molecule has 0 saturated carbocycles. The van der Waals surface area contributed by atoms with Gasteiger partial charge in [-0.2, -0.15) is 0 Å². The molecule has 0 bridgehead atoms. The summed E-state index contributed by atoms with van der Waals surface area (Å²) in [6, 6.07) is 0. The van der Waals surface area contributed by atoms with Crippen molar-refractivity contribution in [3.8, 4) is 0 Å². The van der Waals surface area contributed by atoms with Crippen molar-refractivity contribution in [1.29, 1.82) is 0 Å². The summed E-state index contributed by atoms with van der Waals surface area (Å²) in [6.45, 7) is 9.77. The van der Waals surface area contributed by atoms with E-state index in [2.05, 4.69) is 0 Å². The molecule has 0 aromatic carbocycles. The lowest BCUT2D eigenvalue weighted by atomic mass is 9.97. The maximum Gasteiger partial charge on any atom is 0.349 e. The average Bonchev–Trinajstić information content (AvgIpc) is 2.48. The fourth-order valence-electron chi connectivity index (χ4n) is 2.99. The molecule has 0 amide bonds. The van der Waals surface area contributed by atoms with Crippen molar-refractivity contribution in [3.05, 3.63) is 12.2 Å². The van der Waals surface area contributed by atoms with Crippen molar-refractivity contribution in [2.45, 2.75) is 52.4 Å². The Bertz CT molecular complexity index is 440. The first-order valence-electron chi connectivity index (χ1n) is 8.29. The van der Waals surface area contributed by atoms with Gasteiger partial charge in [-0.1, -0.05) is 19.1 Å². The lowest BCUT2D eigenvalue weighted by Crippen LogP contribution is -2.36. The van der Waals surface area contributed by atoms with Gasteiger partial charge in [0.1, 0.15) is 0 Å². The smallest absolute Gasteiger partial charge is 0.308 e. The summed E-state index contributed by atoms with van der Waals surface area (Å²) in [5, 5.41) is 0. The maximum atomic E-state index is 13.6. The van der Waals surface area contributed by atoms with Gasteiger partial charge in [0.25, 0.3) is 0 Å². The quantitative estimate of drug-likeness (QED) is 0.390. The van der Waals surface area contributed by atoms with Crippen LogP contribution in [0.1, 0.15) is 47.5 Å². The Morgan fingerprint density at radius 3 is 1.61 bits per heavy atom. The molecule has 1 aliphatic rings. The topological polar surface area (TPSA) is 71.1 Å². The molecule has 0 N–H and O–H groups in total. The molecule has 23 heavy (non-hydrogen) atoms. The fraction of sp³-hybridized carbons (Fsp3) is 0.867. The molecule has 0 saturated heterocycles. The SMILES string of the molecule is CCOP(=O)(OCC)C1(P(=O)(OCC)OCC)CC=CC(C)C1. The van der Waals surface area contributed by atoms with Gasteiger partial charge < -0.3 is 18.1 Å². The monoisotopic (exact) mass is 368 g/mol. The zero-order valence-electron chi connectivity index (χ0n) is 14.8. The van der Waals surface area contributed by atoms with Crippen LogP contribution in [0.2, 0.25) is 0 Å². The van der Waals surface area contributed by atoms with Crippen LogP contribution in [0.15, 0.2) is 12.2 Å². The van der Waals surface area contributed by atoms with E-state index >= 15 is 0 Å². The molecular weight excluding hydrogens is 338 g/mol. The van der Waals surface area contributed by atoms with E-state index in [1.807, 2.05) is 19.1 Å². The number of rotatable bonds is 10. The van der Waals surface area contributed by atoms with E-state index < -0.39 is 20.1 Å². The molecular formula is C15H30O6P2.